The molecule has 2 aromatic heterocycles. The molecule has 1 aliphatic rings. The van der Waals surface area contributed by atoms with E-state index in [9.17, 15) is 4.79 Å². The molecule has 3 heterocycles. The number of anilines is 3. The summed E-state index contributed by atoms with van der Waals surface area (Å²) in [5.74, 6) is 0.227. The van der Waals surface area contributed by atoms with E-state index in [-0.39, 0.29) is 5.91 Å². The van der Waals surface area contributed by atoms with Crippen molar-refractivity contribution in [3.05, 3.63) is 72.3 Å². The molecule has 29 heavy (non-hydrogen) atoms. The molecule has 3 aromatic rings. The zero-order chi connectivity index (χ0) is 19.9. The molecule has 0 saturated carbocycles. The maximum atomic E-state index is 12.2. The van der Waals surface area contributed by atoms with Crippen LogP contribution in [0, 0.1) is 0 Å². The number of hydrogen-bond donors (Lipinski definition) is 2. The van der Waals surface area contributed by atoms with E-state index in [0.29, 0.717) is 18.1 Å². The van der Waals surface area contributed by atoms with Gasteiger partial charge in [-0.15, -0.1) is 0 Å². The molecule has 0 aliphatic carbocycles. The molecule has 0 unspecified atom stereocenters. The van der Waals surface area contributed by atoms with Crippen molar-refractivity contribution in [2.24, 2.45) is 0 Å². The lowest BCUT2D eigenvalue weighted by Gasteiger charge is -2.28. The Morgan fingerprint density at radius 3 is 2.38 bits per heavy atom. The lowest BCUT2D eigenvalue weighted by atomic mass is 10.1. The van der Waals surface area contributed by atoms with Crippen LogP contribution in [0.3, 0.4) is 0 Å². The molecule has 1 amide bonds. The molecule has 7 heteroatoms. The van der Waals surface area contributed by atoms with E-state index in [2.05, 4.69) is 42.6 Å². The summed E-state index contributed by atoms with van der Waals surface area (Å²) in [5, 5.41) is 5.99. The summed E-state index contributed by atoms with van der Waals surface area (Å²) in [4.78, 5) is 27.3. The average molecular weight is 388 g/mol. The van der Waals surface area contributed by atoms with Crippen LogP contribution in [-0.2, 0) is 6.54 Å². The van der Waals surface area contributed by atoms with E-state index in [1.165, 1.54) is 37.3 Å². The lowest BCUT2D eigenvalue weighted by molar-refractivity contribution is 0.0949. The highest BCUT2D eigenvalue weighted by atomic mass is 16.1. The molecule has 148 valence electrons. The van der Waals surface area contributed by atoms with Crippen LogP contribution < -0.4 is 15.5 Å². The summed E-state index contributed by atoms with van der Waals surface area (Å²) in [5.41, 5.74) is 3.37. The van der Waals surface area contributed by atoms with Crippen molar-refractivity contribution in [3.63, 3.8) is 0 Å². The van der Waals surface area contributed by atoms with Gasteiger partial charge in [0, 0.05) is 43.1 Å². The van der Waals surface area contributed by atoms with E-state index in [1.54, 1.807) is 6.20 Å². The van der Waals surface area contributed by atoms with Crippen LogP contribution in [0.5, 0.6) is 0 Å². The van der Waals surface area contributed by atoms with Crippen LogP contribution in [0.1, 0.15) is 35.3 Å². The van der Waals surface area contributed by atoms with E-state index in [4.69, 9.17) is 0 Å². The van der Waals surface area contributed by atoms with Gasteiger partial charge in [0.2, 0.25) is 5.95 Å². The minimum atomic E-state index is -0.229. The fourth-order valence-corrected chi connectivity index (χ4v) is 3.32. The van der Waals surface area contributed by atoms with Gasteiger partial charge in [-0.25, -0.2) is 9.97 Å². The van der Waals surface area contributed by atoms with Crippen molar-refractivity contribution < 1.29 is 4.79 Å². The van der Waals surface area contributed by atoms with Crippen molar-refractivity contribution >= 4 is 23.2 Å². The highest BCUT2D eigenvalue weighted by Gasteiger charge is 2.11. The summed E-state index contributed by atoms with van der Waals surface area (Å²) in [6.07, 6.45) is 8.58. The molecule has 2 N–H and O–H groups in total. The van der Waals surface area contributed by atoms with Crippen molar-refractivity contribution in [2.75, 3.05) is 23.3 Å². The maximum absolute atomic E-state index is 12.2. The summed E-state index contributed by atoms with van der Waals surface area (Å²) in [6, 6.07) is 13.9. The fraction of sp³-hybridized carbons (Fsp3) is 0.273. The number of carbonyl (C=O) groups excluding carboxylic acids is 1. The third kappa shape index (κ3) is 5.07. The van der Waals surface area contributed by atoms with Crippen LogP contribution in [0.25, 0.3) is 0 Å². The van der Waals surface area contributed by atoms with Gasteiger partial charge in [0.15, 0.2) is 0 Å². The Kier molecular flexibility index (Phi) is 5.95. The van der Waals surface area contributed by atoms with Crippen LogP contribution in [0.2, 0.25) is 0 Å². The molecule has 1 fully saturated rings. The van der Waals surface area contributed by atoms with Gasteiger partial charge in [-0.05, 0) is 55.7 Å². The summed E-state index contributed by atoms with van der Waals surface area (Å²) in [7, 11) is 0. The van der Waals surface area contributed by atoms with Gasteiger partial charge in [-0.1, -0.05) is 6.07 Å². The first-order valence-corrected chi connectivity index (χ1v) is 9.90. The number of hydrogen-bond acceptors (Lipinski definition) is 6. The second-order valence-corrected chi connectivity index (χ2v) is 7.02. The Labute approximate surface area is 170 Å². The molecule has 1 saturated heterocycles. The molecule has 1 aliphatic heterocycles. The number of rotatable bonds is 6. The fourth-order valence-electron chi connectivity index (χ4n) is 3.32. The predicted octanol–water partition coefficient (Wildman–Crippen LogP) is 3.54. The smallest absolute Gasteiger partial charge is 0.254 e. The van der Waals surface area contributed by atoms with E-state index in [0.717, 1.165) is 24.5 Å². The van der Waals surface area contributed by atoms with Gasteiger partial charge >= 0.3 is 0 Å². The summed E-state index contributed by atoms with van der Waals surface area (Å²) >= 11 is 0. The number of carbonyl (C=O) groups is 1. The van der Waals surface area contributed by atoms with Gasteiger partial charge in [0.1, 0.15) is 0 Å². The first-order chi connectivity index (χ1) is 14.3. The molecule has 0 radical (unpaired) electrons. The average Bonchev–Trinajstić information content (AvgIpc) is 2.80. The van der Waals surface area contributed by atoms with Gasteiger partial charge in [0.25, 0.3) is 5.91 Å². The lowest BCUT2D eigenvalue weighted by Crippen LogP contribution is -2.29. The Bertz CT molecular complexity index is 922. The minimum Gasteiger partial charge on any atom is -0.372 e. The quantitative estimate of drug-likeness (QED) is 0.672. The number of amides is 1. The molecule has 0 spiro atoms. The second kappa shape index (κ2) is 9.14. The highest BCUT2D eigenvalue weighted by molar-refractivity contribution is 5.93. The van der Waals surface area contributed by atoms with Crippen LogP contribution in [0.15, 0.2) is 61.1 Å². The molecule has 4 rings (SSSR count). The SMILES string of the molecule is O=C(NCc1ccccn1)c1cnc(Nc2ccc(N3CCCCC3)cc2)nc1. The molecular formula is C22H24N6O. The first-order valence-electron chi connectivity index (χ1n) is 9.90. The Morgan fingerprint density at radius 1 is 0.931 bits per heavy atom. The van der Waals surface area contributed by atoms with Crippen molar-refractivity contribution in [2.45, 2.75) is 25.8 Å². The largest absolute Gasteiger partial charge is 0.372 e. The van der Waals surface area contributed by atoms with Crippen LogP contribution >= 0.6 is 0 Å². The minimum absolute atomic E-state index is 0.229. The van der Waals surface area contributed by atoms with Crippen LogP contribution in [-0.4, -0.2) is 33.9 Å². The van der Waals surface area contributed by atoms with E-state index in [1.807, 2.05) is 30.3 Å². The number of aromatic nitrogens is 3. The number of piperidine rings is 1. The molecular weight excluding hydrogens is 364 g/mol. The first kappa shape index (κ1) is 18.9. The third-order valence-electron chi connectivity index (χ3n) is 4.91. The Balaban J connectivity index is 1.32. The van der Waals surface area contributed by atoms with Crippen molar-refractivity contribution in [1.82, 2.24) is 20.3 Å². The normalized spacial score (nSPS) is 13.7. The van der Waals surface area contributed by atoms with E-state index >= 15 is 0 Å². The zero-order valence-electron chi connectivity index (χ0n) is 16.2. The molecule has 7 nitrogen and oxygen atoms in total. The Morgan fingerprint density at radius 2 is 1.69 bits per heavy atom. The maximum Gasteiger partial charge on any atom is 0.254 e. The zero-order valence-corrected chi connectivity index (χ0v) is 16.2. The molecule has 0 atom stereocenters. The van der Waals surface area contributed by atoms with Gasteiger partial charge < -0.3 is 15.5 Å². The molecule has 1 aromatic carbocycles. The predicted molar refractivity (Wildman–Crippen MR) is 113 cm³/mol. The Hall–Kier alpha value is -3.48. The number of pyridine rings is 1. The highest BCUT2D eigenvalue weighted by Crippen LogP contribution is 2.22. The third-order valence-corrected chi connectivity index (χ3v) is 4.91. The summed E-state index contributed by atoms with van der Waals surface area (Å²) in [6.45, 7) is 2.61. The monoisotopic (exact) mass is 388 g/mol. The van der Waals surface area contributed by atoms with Crippen LogP contribution in [0.4, 0.5) is 17.3 Å². The molecule has 0 bridgehead atoms. The number of nitrogens with one attached hydrogen (secondary N) is 2. The standard InChI is InChI=1S/C22H24N6O/c29-21(24-16-19-6-2-3-11-23-19)17-14-25-22(26-15-17)27-18-7-9-20(10-8-18)28-12-4-1-5-13-28/h2-3,6-11,14-15H,1,4-5,12-13,16H2,(H,24,29)(H,25,26,27). The number of nitrogens with zero attached hydrogens (tertiary/aromatic N) is 4. The number of benzene rings is 1. The van der Waals surface area contributed by atoms with Gasteiger partial charge in [-0.2, -0.15) is 0 Å². The van der Waals surface area contributed by atoms with E-state index < -0.39 is 0 Å². The second-order valence-electron chi connectivity index (χ2n) is 7.02. The van der Waals surface area contributed by atoms with Crippen molar-refractivity contribution in [3.8, 4) is 0 Å². The summed E-state index contributed by atoms with van der Waals surface area (Å²) < 4.78 is 0. The van der Waals surface area contributed by atoms with Gasteiger partial charge in [-0.3, -0.25) is 9.78 Å². The van der Waals surface area contributed by atoms with Gasteiger partial charge in [0.05, 0.1) is 17.8 Å². The topological polar surface area (TPSA) is 83.0 Å². The van der Waals surface area contributed by atoms with Crippen molar-refractivity contribution in [1.29, 1.82) is 0 Å².